The second-order valence-corrected chi connectivity index (χ2v) is 8.66. The Kier molecular flexibility index (Phi) is 4.92. The summed E-state index contributed by atoms with van der Waals surface area (Å²) in [4.78, 5) is 4.65. The number of piperidine rings is 1. The predicted octanol–water partition coefficient (Wildman–Crippen LogP) is 2.40. The van der Waals surface area contributed by atoms with Crippen molar-refractivity contribution in [3.63, 3.8) is 0 Å². The number of hydrogen-bond acceptors (Lipinski definition) is 3. The zero-order valence-electron chi connectivity index (χ0n) is 12.2. The SMILES string of the molecule is CCn1cc(S(=O)(=O)N2CCC(C(C)Br)CC2)nc1C. The van der Waals surface area contributed by atoms with Crippen LogP contribution in [0.25, 0.3) is 0 Å². The van der Waals surface area contributed by atoms with E-state index in [9.17, 15) is 8.42 Å². The third-order valence-electron chi connectivity index (χ3n) is 4.05. The van der Waals surface area contributed by atoms with Crippen LogP contribution < -0.4 is 0 Å². The topological polar surface area (TPSA) is 55.2 Å². The Bertz CT molecular complexity index is 560. The van der Waals surface area contributed by atoms with E-state index in [2.05, 4.69) is 27.8 Å². The van der Waals surface area contributed by atoms with E-state index in [1.54, 1.807) is 10.5 Å². The number of sulfonamides is 1. The van der Waals surface area contributed by atoms with E-state index in [1.807, 2.05) is 18.4 Å². The van der Waals surface area contributed by atoms with E-state index in [1.165, 1.54) is 0 Å². The summed E-state index contributed by atoms with van der Waals surface area (Å²) in [5.74, 6) is 1.30. The molecule has 1 aromatic rings. The van der Waals surface area contributed by atoms with Crippen LogP contribution in [0.5, 0.6) is 0 Å². The van der Waals surface area contributed by atoms with Crippen molar-refractivity contribution < 1.29 is 8.42 Å². The molecular formula is C13H22BrN3O2S. The number of alkyl halides is 1. The average Bonchev–Trinajstić information content (AvgIpc) is 2.80. The summed E-state index contributed by atoms with van der Waals surface area (Å²) in [5.41, 5.74) is 0. The number of rotatable bonds is 4. The van der Waals surface area contributed by atoms with Crippen LogP contribution in [-0.2, 0) is 16.6 Å². The molecule has 0 aromatic carbocycles. The molecule has 1 unspecified atom stereocenters. The molecule has 1 saturated heterocycles. The fourth-order valence-electron chi connectivity index (χ4n) is 2.63. The monoisotopic (exact) mass is 363 g/mol. The van der Waals surface area contributed by atoms with Crippen LogP contribution in [0.15, 0.2) is 11.2 Å². The number of imidazole rings is 1. The van der Waals surface area contributed by atoms with E-state index >= 15 is 0 Å². The van der Waals surface area contributed by atoms with Gasteiger partial charge in [0.1, 0.15) is 5.82 Å². The molecule has 1 fully saturated rings. The standard InChI is InChI=1S/C13H22BrN3O2S/c1-4-16-9-13(15-11(16)3)20(18,19)17-7-5-12(6-8-17)10(2)14/h9-10,12H,4-8H2,1-3H3. The summed E-state index contributed by atoms with van der Waals surface area (Å²) < 4.78 is 28.6. The van der Waals surface area contributed by atoms with Gasteiger partial charge in [0.25, 0.3) is 10.0 Å². The third-order valence-corrected chi connectivity index (χ3v) is 6.56. The second-order valence-electron chi connectivity index (χ2n) is 5.33. The maximum atomic E-state index is 12.6. The van der Waals surface area contributed by atoms with Crippen molar-refractivity contribution in [1.82, 2.24) is 13.9 Å². The van der Waals surface area contributed by atoms with E-state index in [0.717, 1.165) is 25.2 Å². The Morgan fingerprint density at radius 2 is 2.05 bits per heavy atom. The Balaban J connectivity index is 2.15. The van der Waals surface area contributed by atoms with Gasteiger partial charge in [-0.1, -0.05) is 22.9 Å². The highest BCUT2D eigenvalue weighted by atomic mass is 79.9. The van der Waals surface area contributed by atoms with Gasteiger partial charge in [0.15, 0.2) is 5.03 Å². The number of hydrogen-bond donors (Lipinski definition) is 0. The lowest BCUT2D eigenvalue weighted by Gasteiger charge is -2.31. The molecule has 0 spiro atoms. The van der Waals surface area contributed by atoms with Crippen LogP contribution in [0, 0.1) is 12.8 Å². The van der Waals surface area contributed by atoms with Crippen molar-refractivity contribution in [2.75, 3.05) is 13.1 Å². The Labute approximate surface area is 129 Å². The highest BCUT2D eigenvalue weighted by Gasteiger charge is 2.32. The van der Waals surface area contributed by atoms with Crippen LogP contribution in [0.4, 0.5) is 0 Å². The number of nitrogens with zero attached hydrogens (tertiary/aromatic N) is 3. The summed E-state index contributed by atoms with van der Waals surface area (Å²) in [6, 6.07) is 0. The molecule has 20 heavy (non-hydrogen) atoms. The van der Waals surface area contributed by atoms with Crippen LogP contribution in [0.1, 0.15) is 32.5 Å². The van der Waals surface area contributed by atoms with Crippen molar-refractivity contribution >= 4 is 26.0 Å². The molecule has 2 rings (SSSR count). The zero-order valence-corrected chi connectivity index (χ0v) is 14.6. The van der Waals surface area contributed by atoms with Gasteiger partial charge in [0.2, 0.25) is 0 Å². The molecule has 0 amide bonds. The molecule has 114 valence electrons. The third kappa shape index (κ3) is 3.09. The van der Waals surface area contributed by atoms with Gasteiger partial charge in [-0.3, -0.25) is 0 Å². The van der Waals surface area contributed by atoms with Gasteiger partial charge in [-0.25, -0.2) is 13.4 Å². The van der Waals surface area contributed by atoms with Crippen LogP contribution in [0.2, 0.25) is 0 Å². The number of halogens is 1. The molecule has 0 N–H and O–H groups in total. The fraction of sp³-hybridized carbons (Fsp3) is 0.769. The minimum Gasteiger partial charge on any atom is -0.334 e. The second kappa shape index (κ2) is 6.15. The normalized spacial score (nSPS) is 20.2. The van der Waals surface area contributed by atoms with Gasteiger partial charge in [0.05, 0.1) is 0 Å². The molecule has 0 bridgehead atoms. The summed E-state index contributed by atoms with van der Waals surface area (Å²) in [7, 11) is -3.44. The minimum atomic E-state index is -3.44. The van der Waals surface area contributed by atoms with Crippen molar-refractivity contribution in [2.45, 2.75) is 50.0 Å². The molecule has 1 aliphatic rings. The molecule has 0 saturated carbocycles. The van der Waals surface area contributed by atoms with Crippen molar-refractivity contribution in [3.05, 3.63) is 12.0 Å². The van der Waals surface area contributed by atoms with Crippen molar-refractivity contribution in [1.29, 1.82) is 0 Å². The first kappa shape index (κ1) is 16.0. The summed E-state index contributed by atoms with van der Waals surface area (Å²) in [5, 5.41) is 0.183. The number of aryl methyl sites for hydroxylation is 2. The Morgan fingerprint density at radius 3 is 2.50 bits per heavy atom. The van der Waals surface area contributed by atoms with Gasteiger partial charge >= 0.3 is 0 Å². The molecule has 0 aliphatic carbocycles. The summed E-state index contributed by atoms with van der Waals surface area (Å²) in [6.07, 6.45) is 3.45. The zero-order chi connectivity index (χ0) is 14.9. The molecule has 5 nitrogen and oxygen atoms in total. The van der Waals surface area contributed by atoms with Crippen LogP contribution in [-0.4, -0.2) is 40.2 Å². The maximum absolute atomic E-state index is 12.6. The predicted molar refractivity (Wildman–Crippen MR) is 82.5 cm³/mol. The van der Waals surface area contributed by atoms with Crippen molar-refractivity contribution in [2.24, 2.45) is 5.92 Å². The molecule has 0 radical (unpaired) electrons. The van der Waals surface area contributed by atoms with E-state index in [4.69, 9.17) is 0 Å². The lowest BCUT2D eigenvalue weighted by atomic mass is 9.96. The Hall–Kier alpha value is -0.400. The molecular weight excluding hydrogens is 342 g/mol. The first-order valence-corrected chi connectivity index (χ1v) is 9.39. The first-order valence-electron chi connectivity index (χ1n) is 7.04. The van der Waals surface area contributed by atoms with E-state index in [-0.39, 0.29) is 5.03 Å². The lowest BCUT2D eigenvalue weighted by molar-refractivity contribution is 0.274. The smallest absolute Gasteiger partial charge is 0.262 e. The van der Waals surface area contributed by atoms with Gasteiger partial charge < -0.3 is 4.57 Å². The first-order chi connectivity index (χ1) is 9.36. The van der Waals surface area contributed by atoms with Crippen LogP contribution >= 0.6 is 15.9 Å². The molecule has 1 aliphatic heterocycles. The minimum absolute atomic E-state index is 0.183. The van der Waals surface area contributed by atoms with Crippen LogP contribution in [0.3, 0.4) is 0 Å². The van der Waals surface area contributed by atoms with Gasteiger partial charge in [-0.05, 0) is 32.6 Å². The molecule has 1 aromatic heterocycles. The summed E-state index contributed by atoms with van der Waals surface area (Å²) in [6.45, 7) is 7.84. The quantitative estimate of drug-likeness (QED) is 0.771. The van der Waals surface area contributed by atoms with Crippen molar-refractivity contribution in [3.8, 4) is 0 Å². The van der Waals surface area contributed by atoms with E-state index < -0.39 is 10.0 Å². The van der Waals surface area contributed by atoms with Gasteiger partial charge in [-0.15, -0.1) is 0 Å². The highest BCUT2D eigenvalue weighted by molar-refractivity contribution is 9.09. The molecule has 7 heteroatoms. The largest absolute Gasteiger partial charge is 0.334 e. The highest BCUT2D eigenvalue weighted by Crippen LogP contribution is 2.28. The number of aromatic nitrogens is 2. The molecule has 1 atom stereocenters. The van der Waals surface area contributed by atoms with E-state index in [0.29, 0.717) is 23.8 Å². The van der Waals surface area contributed by atoms with Gasteiger partial charge in [-0.2, -0.15) is 4.31 Å². The lowest BCUT2D eigenvalue weighted by Crippen LogP contribution is -2.40. The average molecular weight is 364 g/mol. The fourth-order valence-corrected chi connectivity index (χ4v) is 4.62. The maximum Gasteiger partial charge on any atom is 0.262 e. The summed E-state index contributed by atoms with van der Waals surface area (Å²) >= 11 is 3.59. The Morgan fingerprint density at radius 1 is 1.45 bits per heavy atom. The molecule has 2 heterocycles. The van der Waals surface area contributed by atoms with Gasteiger partial charge in [0, 0.05) is 30.7 Å².